The SMILES string of the molecule is COC1Cc2c(O)cccc21. The van der Waals surface area contributed by atoms with Crippen LogP contribution in [-0.2, 0) is 11.2 Å². The second kappa shape index (κ2) is 2.24. The fourth-order valence-corrected chi connectivity index (χ4v) is 1.49. The summed E-state index contributed by atoms with van der Waals surface area (Å²) in [4.78, 5) is 0. The first kappa shape index (κ1) is 6.68. The van der Waals surface area contributed by atoms with Crippen LogP contribution in [0, 0.1) is 0 Å². The largest absolute Gasteiger partial charge is 0.508 e. The molecule has 1 atom stereocenters. The fourth-order valence-electron chi connectivity index (χ4n) is 1.49. The number of methoxy groups -OCH3 is 1. The van der Waals surface area contributed by atoms with Gasteiger partial charge in [0.25, 0.3) is 0 Å². The Labute approximate surface area is 65.4 Å². The summed E-state index contributed by atoms with van der Waals surface area (Å²) in [6.07, 6.45) is 1.05. The average Bonchev–Trinajstić information content (AvgIpc) is 1.95. The molecule has 0 amide bonds. The van der Waals surface area contributed by atoms with E-state index in [-0.39, 0.29) is 6.10 Å². The van der Waals surface area contributed by atoms with Gasteiger partial charge in [-0.25, -0.2) is 0 Å². The smallest absolute Gasteiger partial charge is 0.119 e. The lowest BCUT2D eigenvalue weighted by molar-refractivity contribution is 0.0830. The zero-order valence-corrected chi connectivity index (χ0v) is 6.37. The summed E-state index contributed by atoms with van der Waals surface area (Å²) in [5.74, 6) is 0.399. The molecule has 0 saturated heterocycles. The van der Waals surface area contributed by atoms with E-state index >= 15 is 0 Å². The van der Waals surface area contributed by atoms with Crippen LogP contribution in [0.3, 0.4) is 0 Å². The maximum atomic E-state index is 9.31. The minimum Gasteiger partial charge on any atom is -0.508 e. The second-order valence-electron chi connectivity index (χ2n) is 2.77. The third-order valence-corrected chi connectivity index (χ3v) is 2.21. The molecule has 1 N–H and O–H groups in total. The maximum absolute atomic E-state index is 9.31. The molecule has 1 unspecified atom stereocenters. The molecule has 0 saturated carbocycles. The molecule has 0 aliphatic heterocycles. The molecule has 11 heavy (non-hydrogen) atoms. The summed E-state index contributed by atoms with van der Waals surface area (Å²) < 4.78 is 5.16. The molecule has 0 radical (unpaired) electrons. The van der Waals surface area contributed by atoms with Crippen LogP contribution in [0.1, 0.15) is 17.2 Å². The summed E-state index contributed by atoms with van der Waals surface area (Å²) in [5.41, 5.74) is 2.17. The van der Waals surface area contributed by atoms with Crippen LogP contribution in [0.2, 0.25) is 0 Å². The Morgan fingerprint density at radius 2 is 2.36 bits per heavy atom. The molecule has 1 aliphatic rings. The molecule has 2 heteroatoms. The van der Waals surface area contributed by atoms with Crippen LogP contribution in [0.5, 0.6) is 5.75 Å². The lowest BCUT2D eigenvalue weighted by atomic mass is 9.85. The van der Waals surface area contributed by atoms with E-state index in [1.165, 1.54) is 0 Å². The summed E-state index contributed by atoms with van der Waals surface area (Å²) in [6.45, 7) is 0. The van der Waals surface area contributed by atoms with Gasteiger partial charge >= 0.3 is 0 Å². The van der Waals surface area contributed by atoms with Crippen molar-refractivity contribution < 1.29 is 9.84 Å². The van der Waals surface area contributed by atoms with Gasteiger partial charge in [0.1, 0.15) is 5.75 Å². The standard InChI is InChI=1S/C9H10O2/c1-11-9-5-7-6(9)3-2-4-8(7)10/h2-4,9-10H,5H2,1H3. The zero-order chi connectivity index (χ0) is 7.84. The Bertz CT molecular complexity index is 281. The van der Waals surface area contributed by atoms with Crippen molar-refractivity contribution >= 4 is 0 Å². The molecular formula is C9H10O2. The van der Waals surface area contributed by atoms with Crippen LogP contribution >= 0.6 is 0 Å². The van der Waals surface area contributed by atoms with Gasteiger partial charge in [-0.1, -0.05) is 12.1 Å². The van der Waals surface area contributed by atoms with Crippen molar-refractivity contribution in [1.82, 2.24) is 0 Å². The number of phenolic OH excluding ortho intramolecular Hbond substituents is 1. The molecule has 0 aromatic heterocycles. The lowest BCUT2D eigenvalue weighted by Crippen LogP contribution is -2.18. The van der Waals surface area contributed by atoms with Crippen LogP contribution in [-0.4, -0.2) is 12.2 Å². The van der Waals surface area contributed by atoms with Gasteiger partial charge in [0, 0.05) is 19.1 Å². The molecule has 1 aromatic carbocycles. The molecule has 0 bridgehead atoms. The van der Waals surface area contributed by atoms with E-state index in [1.54, 1.807) is 13.2 Å². The van der Waals surface area contributed by atoms with Gasteiger partial charge in [0.2, 0.25) is 0 Å². The number of fused-ring (bicyclic) bond motifs is 1. The summed E-state index contributed by atoms with van der Waals surface area (Å²) in [6, 6.07) is 5.55. The molecule has 2 rings (SSSR count). The zero-order valence-electron chi connectivity index (χ0n) is 6.37. The maximum Gasteiger partial charge on any atom is 0.119 e. The fraction of sp³-hybridized carbons (Fsp3) is 0.333. The van der Waals surface area contributed by atoms with Crippen LogP contribution in [0.15, 0.2) is 18.2 Å². The predicted molar refractivity (Wildman–Crippen MR) is 41.6 cm³/mol. The van der Waals surface area contributed by atoms with Crippen molar-refractivity contribution in [3.05, 3.63) is 29.3 Å². The first-order valence-electron chi connectivity index (χ1n) is 3.66. The first-order valence-corrected chi connectivity index (χ1v) is 3.66. The Hall–Kier alpha value is -1.02. The molecule has 0 heterocycles. The summed E-state index contributed by atoms with van der Waals surface area (Å²) >= 11 is 0. The van der Waals surface area contributed by atoms with E-state index in [0.29, 0.717) is 5.75 Å². The Kier molecular flexibility index (Phi) is 1.36. The topological polar surface area (TPSA) is 29.5 Å². The minimum absolute atomic E-state index is 0.206. The van der Waals surface area contributed by atoms with Crippen molar-refractivity contribution in [3.8, 4) is 5.75 Å². The minimum atomic E-state index is 0.206. The number of rotatable bonds is 1. The van der Waals surface area contributed by atoms with Gasteiger partial charge in [0.15, 0.2) is 0 Å². The summed E-state index contributed by atoms with van der Waals surface area (Å²) in [5, 5.41) is 9.31. The Morgan fingerprint density at radius 3 is 3.09 bits per heavy atom. The highest BCUT2D eigenvalue weighted by Crippen LogP contribution is 2.40. The van der Waals surface area contributed by atoms with E-state index in [9.17, 15) is 5.11 Å². The van der Waals surface area contributed by atoms with E-state index in [4.69, 9.17) is 4.74 Å². The molecule has 2 nitrogen and oxygen atoms in total. The van der Waals surface area contributed by atoms with E-state index in [2.05, 4.69) is 0 Å². The molecule has 0 fully saturated rings. The number of ether oxygens (including phenoxy) is 1. The van der Waals surface area contributed by atoms with Crippen molar-refractivity contribution in [1.29, 1.82) is 0 Å². The predicted octanol–water partition coefficient (Wildman–Crippen LogP) is 1.64. The van der Waals surface area contributed by atoms with Gasteiger partial charge in [-0.05, 0) is 11.6 Å². The Balaban J connectivity index is 2.41. The van der Waals surface area contributed by atoms with Gasteiger partial charge in [-0.2, -0.15) is 0 Å². The quantitative estimate of drug-likeness (QED) is 0.659. The average molecular weight is 150 g/mol. The molecular weight excluding hydrogens is 140 g/mol. The third-order valence-electron chi connectivity index (χ3n) is 2.21. The normalized spacial score (nSPS) is 20.6. The van der Waals surface area contributed by atoms with Gasteiger partial charge in [-0.15, -0.1) is 0 Å². The highest BCUT2D eigenvalue weighted by atomic mass is 16.5. The van der Waals surface area contributed by atoms with Gasteiger partial charge < -0.3 is 9.84 Å². The van der Waals surface area contributed by atoms with Crippen molar-refractivity contribution in [2.75, 3.05) is 7.11 Å². The van der Waals surface area contributed by atoms with Crippen LogP contribution in [0.25, 0.3) is 0 Å². The third kappa shape index (κ3) is 0.828. The van der Waals surface area contributed by atoms with Crippen molar-refractivity contribution in [3.63, 3.8) is 0 Å². The highest BCUT2D eigenvalue weighted by Gasteiger charge is 2.27. The first-order chi connectivity index (χ1) is 5.33. The monoisotopic (exact) mass is 150 g/mol. The van der Waals surface area contributed by atoms with Crippen LogP contribution in [0.4, 0.5) is 0 Å². The molecule has 58 valence electrons. The van der Waals surface area contributed by atoms with Gasteiger partial charge in [-0.3, -0.25) is 0 Å². The van der Waals surface area contributed by atoms with Crippen molar-refractivity contribution in [2.45, 2.75) is 12.5 Å². The molecule has 1 aromatic rings. The van der Waals surface area contributed by atoms with E-state index in [0.717, 1.165) is 17.5 Å². The Morgan fingerprint density at radius 1 is 1.55 bits per heavy atom. The number of aromatic hydroxyl groups is 1. The number of benzene rings is 1. The number of hydrogen-bond acceptors (Lipinski definition) is 2. The van der Waals surface area contributed by atoms with Crippen molar-refractivity contribution in [2.24, 2.45) is 0 Å². The van der Waals surface area contributed by atoms with E-state index in [1.807, 2.05) is 12.1 Å². The van der Waals surface area contributed by atoms with Gasteiger partial charge in [0.05, 0.1) is 6.10 Å². The molecule has 1 aliphatic carbocycles. The highest BCUT2D eigenvalue weighted by molar-refractivity contribution is 5.47. The number of phenols is 1. The molecule has 0 spiro atoms. The lowest BCUT2D eigenvalue weighted by Gasteiger charge is -2.29. The number of hydrogen-bond donors (Lipinski definition) is 1. The second-order valence-corrected chi connectivity index (χ2v) is 2.77. The summed E-state index contributed by atoms with van der Waals surface area (Å²) in [7, 11) is 1.69. The van der Waals surface area contributed by atoms with E-state index < -0.39 is 0 Å². The van der Waals surface area contributed by atoms with Crippen LogP contribution < -0.4 is 0 Å².